The van der Waals surface area contributed by atoms with Gasteiger partial charge in [-0.25, -0.2) is 0 Å². The van der Waals surface area contributed by atoms with Gasteiger partial charge in [0, 0.05) is 17.8 Å². The third-order valence-electron chi connectivity index (χ3n) is 3.73. The van der Waals surface area contributed by atoms with Crippen molar-refractivity contribution in [1.29, 1.82) is 0 Å². The van der Waals surface area contributed by atoms with Crippen LogP contribution < -0.4 is 10.6 Å². The van der Waals surface area contributed by atoms with E-state index in [0.717, 1.165) is 11.6 Å². The van der Waals surface area contributed by atoms with Gasteiger partial charge in [0.25, 0.3) is 0 Å². The van der Waals surface area contributed by atoms with Crippen LogP contribution in [0, 0.1) is 5.92 Å². The predicted molar refractivity (Wildman–Crippen MR) is 66.8 cm³/mol. The van der Waals surface area contributed by atoms with Crippen molar-refractivity contribution in [2.75, 3.05) is 7.05 Å². The smallest absolute Gasteiger partial charge is 0.0432 e. The van der Waals surface area contributed by atoms with E-state index in [4.69, 9.17) is 0 Å². The normalized spacial score (nSPS) is 22.1. The van der Waals surface area contributed by atoms with Crippen molar-refractivity contribution in [3.63, 3.8) is 0 Å². The molecule has 2 N–H and O–H groups in total. The van der Waals surface area contributed by atoms with E-state index in [1.54, 1.807) is 0 Å². The average molecular weight is 210 g/mol. The number of rotatable bonds is 5. The van der Waals surface area contributed by atoms with Crippen LogP contribution in [0.15, 0.2) is 12.3 Å². The molecule has 2 atom stereocenters. The summed E-state index contributed by atoms with van der Waals surface area (Å²) in [6, 6.07) is 0.935. The summed E-state index contributed by atoms with van der Waals surface area (Å²) in [6.45, 7) is 8.52. The molecule has 0 spiro atoms. The molecular weight excluding hydrogens is 184 g/mol. The van der Waals surface area contributed by atoms with Gasteiger partial charge < -0.3 is 10.6 Å². The van der Waals surface area contributed by atoms with Crippen LogP contribution in [0.4, 0.5) is 0 Å². The minimum Gasteiger partial charge on any atom is -0.385 e. The maximum Gasteiger partial charge on any atom is 0.0432 e. The van der Waals surface area contributed by atoms with Crippen LogP contribution in [0.3, 0.4) is 0 Å². The van der Waals surface area contributed by atoms with E-state index in [1.807, 2.05) is 7.05 Å². The molecule has 0 aromatic carbocycles. The SMILES string of the molecule is C=C(NC(C)C1CCCCC1)[C@H](C)NC. The molecule has 0 bridgehead atoms. The van der Waals surface area contributed by atoms with Crippen LogP contribution in [0.5, 0.6) is 0 Å². The minimum absolute atomic E-state index is 0.357. The van der Waals surface area contributed by atoms with Gasteiger partial charge in [0.2, 0.25) is 0 Å². The summed E-state index contributed by atoms with van der Waals surface area (Å²) in [7, 11) is 1.98. The first-order chi connectivity index (χ1) is 7.15. The first-order valence-corrected chi connectivity index (χ1v) is 6.27. The van der Waals surface area contributed by atoms with Crippen LogP contribution in [0.1, 0.15) is 46.0 Å². The van der Waals surface area contributed by atoms with Crippen molar-refractivity contribution < 1.29 is 0 Å². The van der Waals surface area contributed by atoms with E-state index in [2.05, 4.69) is 31.1 Å². The molecule has 1 aliphatic carbocycles. The van der Waals surface area contributed by atoms with E-state index in [9.17, 15) is 0 Å². The molecule has 0 amide bonds. The number of likely N-dealkylation sites (N-methyl/N-ethyl adjacent to an activating group) is 1. The Balaban J connectivity index is 2.33. The molecule has 0 radical (unpaired) electrons. The van der Waals surface area contributed by atoms with Gasteiger partial charge in [0.05, 0.1) is 0 Å². The summed E-state index contributed by atoms with van der Waals surface area (Å²) in [4.78, 5) is 0. The van der Waals surface area contributed by atoms with Crippen molar-refractivity contribution >= 4 is 0 Å². The van der Waals surface area contributed by atoms with Crippen LogP contribution in [-0.4, -0.2) is 19.1 Å². The Bertz CT molecular complexity index is 195. The fourth-order valence-corrected chi connectivity index (χ4v) is 2.34. The van der Waals surface area contributed by atoms with Gasteiger partial charge in [-0.3, -0.25) is 0 Å². The van der Waals surface area contributed by atoms with Crippen molar-refractivity contribution in [2.24, 2.45) is 5.92 Å². The summed E-state index contributed by atoms with van der Waals surface area (Å²) < 4.78 is 0. The molecule has 1 saturated carbocycles. The summed E-state index contributed by atoms with van der Waals surface area (Å²) >= 11 is 0. The Morgan fingerprint density at radius 2 is 1.80 bits per heavy atom. The lowest BCUT2D eigenvalue weighted by Crippen LogP contribution is -2.39. The third-order valence-corrected chi connectivity index (χ3v) is 3.73. The molecule has 0 saturated heterocycles. The Labute approximate surface area is 94.5 Å². The average Bonchev–Trinajstić information content (AvgIpc) is 2.29. The second-order valence-electron chi connectivity index (χ2n) is 4.87. The highest BCUT2D eigenvalue weighted by Gasteiger charge is 2.20. The molecule has 15 heavy (non-hydrogen) atoms. The molecule has 0 aliphatic heterocycles. The second-order valence-corrected chi connectivity index (χ2v) is 4.87. The summed E-state index contributed by atoms with van der Waals surface area (Å²) in [5, 5.41) is 6.75. The molecule has 0 aromatic rings. The van der Waals surface area contributed by atoms with Crippen LogP contribution in [0.25, 0.3) is 0 Å². The summed E-state index contributed by atoms with van der Waals surface area (Å²) in [6.07, 6.45) is 7.01. The highest BCUT2D eigenvalue weighted by atomic mass is 15.0. The Hall–Kier alpha value is -0.500. The molecule has 88 valence electrons. The van der Waals surface area contributed by atoms with E-state index >= 15 is 0 Å². The molecule has 0 heterocycles. The molecule has 1 rings (SSSR count). The first-order valence-electron chi connectivity index (χ1n) is 6.27. The Morgan fingerprint density at radius 1 is 1.20 bits per heavy atom. The van der Waals surface area contributed by atoms with Crippen LogP contribution >= 0.6 is 0 Å². The van der Waals surface area contributed by atoms with Gasteiger partial charge in [-0.05, 0) is 39.7 Å². The monoisotopic (exact) mass is 210 g/mol. The van der Waals surface area contributed by atoms with E-state index in [-0.39, 0.29) is 0 Å². The topological polar surface area (TPSA) is 24.1 Å². The predicted octanol–water partition coefficient (Wildman–Crippen LogP) is 2.67. The zero-order valence-electron chi connectivity index (χ0n) is 10.5. The van der Waals surface area contributed by atoms with Gasteiger partial charge in [-0.1, -0.05) is 25.8 Å². The van der Waals surface area contributed by atoms with Gasteiger partial charge in [0.15, 0.2) is 0 Å². The quantitative estimate of drug-likeness (QED) is 0.729. The lowest BCUT2D eigenvalue weighted by atomic mass is 9.84. The first kappa shape index (κ1) is 12.6. The molecule has 1 fully saturated rings. The fraction of sp³-hybridized carbons (Fsp3) is 0.846. The van der Waals surface area contributed by atoms with Gasteiger partial charge >= 0.3 is 0 Å². The standard InChI is InChI=1S/C13H26N2/c1-10(14-4)11(2)15-12(3)13-8-6-5-7-9-13/h10,12-15H,2,5-9H2,1,3-4H3/t10-,12?/m0/s1. The van der Waals surface area contributed by atoms with Crippen molar-refractivity contribution in [3.8, 4) is 0 Å². The second kappa shape index (κ2) is 6.16. The zero-order valence-corrected chi connectivity index (χ0v) is 10.5. The Morgan fingerprint density at radius 3 is 2.33 bits per heavy atom. The summed E-state index contributed by atoms with van der Waals surface area (Å²) in [5.41, 5.74) is 1.12. The lowest BCUT2D eigenvalue weighted by molar-refractivity contribution is 0.289. The third kappa shape index (κ3) is 3.86. The molecular formula is C13H26N2. The van der Waals surface area contributed by atoms with Gasteiger partial charge in [0.1, 0.15) is 0 Å². The summed E-state index contributed by atoms with van der Waals surface area (Å²) in [5.74, 6) is 0.847. The molecule has 0 aromatic heterocycles. The highest BCUT2D eigenvalue weighted by Crippen LogP contribution is 2.26. The largest absolute Gasteiger partial charge is 0.385 e. The van der Waals surface area contributed by atoms with Crippen molar-refractivity contribution in [3.05, 3.63) is 12.3 Å². The Kier molecular flexibility index (Phi) is 5.16. The zero-order chi connectivity index (χ0) is 11.3. The van der Waals surface area contributed by atoms with Crippen LogP contribution in [-0.2, 0) is 0 Å². The number of nitrogens with one attached hydrogen (secondary N) is 2. The van der Waals surface area contributed by atoms with E-state index in [0.29, 0.717) is 12.1 Å². The number of hydrogen-bond donors (Lipinski definition) is 2. The van der Waals surface area contributed by atoms with Crippen molar-refractivity contribution in [2.45, 2.75) is 58.0 Å². The van der Waals surface area contributed by atoms with E-state index < -0.39 is 0 Å². The van der Waals surface area contributed by atoms with Gasteiger partial charge in [-0.15, -0.1) is 0 Å². The lowest BCUT2D eigenvalue weighted by Gasteiger charge is -2.30. The van der Waals surface area contributed by atoms with Gasteiger partial charge in [-0.2, -0.15) is 0 Å². The minimum atomic E-state index is 0.357. The van der Waals surface area contributed by atoms with E-state index in [1.165, 1.54) is 32.1 Å². The number of hydrogen-bond acceptors (Lipinski definition) is 2. The maximum absolute atomic E-state index is 4.09. The fourth-order valence-electron chi connectivity index (χ4n) is 2.34. The highest BCUT2D eigenvalue weighted by molar-refractivity contribution is 5.02. The molecule has 1 aliphatic rings. The molecule has 1 unspecified atom stereocenters. The van der Waals surface area contributed by atoms with Crippen molar-refractivity contribution in [1.82, 2.24) is 10.6 Å². The van der Waals surface area contributed by atoms with Crippen LogP contribution in [0.2, 0.25) is 0 Å². The molecule has 2 heteroatoms. The molecule has 2 nitrogen and oxygen atoms in total. The maximum atomic E-state index is 4.09.